The number of ketones is 1. The van der Waals surface area contributed by atoms with Crippen LogP contribution < -0.4 is 5.32 Å². The number of hydrogen-bond donors (Lipinski definition) is 1. The average molecular weight is 475 g/mol. The molecule has 0 saturated heterocycles. The van der Waals surface area contributed by atoms with E-state index in [4.69, 9.17) is 9.47 Å². The van der Waals surface area contributed by atoms with Crippen LogP contribution in [0.5, 0.6) is 0 Å². The second-order valence-electron chi connectivity index (χ2n) is 8.57. The summed E-state index contributed by atoms with van der Waals surface area (Å²) in [4.78, 5) is 29.5. The van der Waals surface area contributed by atoms with E-state index in [0.717, 1.165) is 27.8 Å². The van der Waals surface area contributed by atoms with E-state index in [2.05, 4.69) is 10.3 Å². The molecule has 2 unspecified atom stereocenters. The Kier molecular flexibility index (Phi) is 6.96. The molecule has 1 aromatic heterocycles. The first-order chi connectivity index (χ1) is 16.8. The molecule has 7 heteroatoms. The summed E-state index contributed by atoms with van der Waals surface area (Å²) in [5, 5.41) is 2.97. The Labute approximate surface area is 203 Å². The molecule has 1 N–H and O–H groups in total. The Morgan fingerprint density at radius 3 is 2.54 bits per heavy atom. The van der Waals surface area contributed by atoms with Crippen LogP contribution in [-0.2, 0) is 25.6 Å². The highest BCUT2D eigenvalue weighted by molar-refractivity contribution is 6.07. The largest absolute Gasteiger partial charge is 0.492 e. The minimum atomic E-state index is -0.439. The maximum Gasteiger partial charge on any atom is 0.261 e. The van der Waals surface area contributed by atoms with Gasteiger partial charge in [0, 0.05) is 30.8 Å². The molecule has 4 rings (SSSR count). The number of ether oxygens (including phenoxy) is 2. The summed E-state index contributed by atoms with van der Waals surface area (Å²) in [6.45, 7) is 4.17. The molecular formula is C28H27FN2O4. The average Bonchev–Trinajstić information content (AvgIpc) is 3.13. The van der Waals surface area contributed by atoms with Crippen LogP contribution in [0.25, 0.3) is 5.57 Å². The van der Waals surface area contributed by atoms with Crippen LogP contribution in [0, 0.1) is 11.7 Å². The molecule has 0 fully saturated rings. The van der Waals surface area contributed by atoms with Gasteiger partial charge in [0.2, 0.25) is 5.91 Å². The fourth-order valence-corrected chi connectivity index (χ4v) is 4.64. The molecule has 1 heterocycles. The van der Waals surface area contributed by atoms with Crippen molar-refractivity contribution >= 4 is 17.3 Å². The van der Waals surface area contributed by atoms with Crippen molar-refractivity contribution in [2.24, 2.45) is 5.92 Å². The molecule has 0 spiro atoms. The van der Waals surface area contributed by atoms with E-state index in [1.54, 1.807) is 30.6 Å². The first-order valence-corrected chi connectivity index (χ1v) is 11.3. The van der Waals surface area contributed by atoms with Crippen LogP contribution in [0.1, 0.15) is 36.5 Å². The monoisotopic (exact) mass is 474 g/mol. The number of amides is 1. The molecule has 35 heavy (non-hydrogen) atoms. The van der Waals surface area contributed by atoms with Gasteiger partial charge in [0.05, 0.1) is 14.2 Å². The summed E-state index contributed by atoms with van der Waals surface area (Å²) in [5.41, 5.74) is 5.04. The number of hydrogen-bond acceptors (Lipinski definition) is 5. The van der Waals surface area contributed by atoms with Crippen molar-refractivity contribution in [3.63, 3.8) is 0 Å². The molecule has 0 radical (unpaired) electrons. The van der Waals surface area contributed by atoms with Crippen molar-refractivity contribution in [2.45, 2.75) is 26.3 Å². The summed E-state index contributed by atoms with van der Waals surface area (Å²) in [6, 6.07) is 8.36. The second-order valence-corrected chi connectivity index (χ2v) is 8.57. The van der Waals surface area contributed by atoms with Crippen LogP contribution in [0.3, 0.4) is 0 Å². The standard InChI is InChI=1S/C28H27FN2O4/c1-16-22(10-19-11-24(34-3)27(32)25(12-19)35-4)21-8-7-20(29)13-23(21)26(16)17(2)28(33)31-15-18-6-5-9-30-14-18/h5-14,17,26H,15H2,1-4H3,(H,31,33). The SMILES string of the molecule is COC1=CC(=CC2=C(C)C(C(C)C(=O)NCc3cccnc3)c3cc(F)ccc32)C=C(OC)C1=O. The lowest BCUT2D eigenvalue weighted by Crippen LogP contribution is -2.32. The smallest absolute Gasteiger partial charge is 0.261 e. The minimum absolute atomic E-state index is 0.131. The van der Waals surface area contributed by atoms with Gasteiger partial charge < -0.3 is 14.8 Å². The van der Waals surface area contributed by atoms with Crippen molar-refractivity contribution in [3.05, 3.63) is 106 Å². The van der Waals surface area contributed by atoms with Gasteiger partial charge in [-0.3, -0.25) is 14.6 Å². The van der Waals surface area contributed by atoms with E-state index in [0.29, 0.717) is 12.1 Å². The molecule has 2 atom stereocenters. The summed E-state index contributed by atoms with van der Waals surface area (Å²) in [5.74, 6) is -1.21. The van der Waals surface area contributed by atoms with E-state index in [9.17, 15) is 14.0 Å². The molecule has 1 aromatic carbocycles. The fourth-order valence-electron chi connectivity index (χ4n) is 4.64. The first kappa shape index (κ1) is 24.1. The number of nitrogens with zero attached hydrogens (tertiary/aromatic N) is 1. The molecule has 0 bridgehead atoms. The number of rotatable bonds is 7. The van der Waals surface area contributed by atoms with Crippen molar-refractivity contribution in [1.29, 1.82) is 0 Å². The molecular weight excluding hydrogens is 447 g/mol. The zero-order valence-electron chi connectivity index (χ0n) is 20.1. The third kappa shape index (κ3) is 4.80. The lowest BCUT2D eigenvalue weighted by Gasteiger charge is -2.22. The van der Waals surface area contributed by atoms with Gasteiger partial charge >= 0.3 is 0 Å². The zero-order chi connectivity index (χ0) is 25.1. The number of carbonyl (C=O) groups excluding carboxylic acids is 2. The molecule has 2 aromatic rings. The number of pyridine rings is 1. The highest BCUT2D eigenvalue weighted by Gasteiger charge is 2.35. The Morgan fingerprint density at radius 1 is 1.20 bits per heavy atom. The Morgan fingerprint density at radius 2 is 1.91 bits per heavy atom. The van der Waals surface area contributed by atoms with Crippen LogP contribution >= 0.6 is 0 Å². The number of carbonyl (C=O) groups is 2. The van der Waals surface area contributed by atoms with Crippen molar-refractivity contribution in [1.82, 2.24) is 10.3 Å². The minimum Gasteiger partial charge on any atom is -0.492 e. The van der Waals surface area contributed by atoms with Gasteiger partial charge in [-0.05, 0) is 71.2 Å². The topological polar surface area (TPSA) is 77.5 Å². The summed E-state index contributed by atoms with van der Waals surface area (Å²) in [7, 11) is 2.86. The molecule has 6 nitrogen and oxygen atoms in total. The Balaban J connectivity index is 1.69. The first-order valence-electron chi connectivity index (χ1n) is 11.3. The second kappa shape index (κ2) is 10.1. The zero-order valence-corrected chi connectivity index (χ0v) is 20.1. The maximum atomic E-state index is 14.3. The van der Waals surface area contributed by atoms with E-state index < -0.39 is 5.92 Å². The van der Waals surface area contributed by atoms with Gasteiger partial charge in [-0.25, -0.2) is 4.39 Å². The molecule has 2 aliphatic carbocycles. The quantitative estimate of drug-likeness (QED) is 0.634. The summed E-state index contributed by atoms with van der Waals surface area (Å²) in [6.07, 6.45) is 8.59. The van der Waals surface area contributed by atoms with Gasteiger partial charge in [0.1, 0.15) is 5.82 Å². The van der Waals surface area contributed by atoms with E-state index in [1.807, 2.05) is 32.1 Å². The number of aromatic nitrogens is 1. The van der Waals surface area contributed by atoms with Crippen LogP contribution in [-0.4, -0.2) is 30.9 Å². The summed E-state index contributed by atoms with van der Waals surface area (Å²) < 4.78 is 24.7. The third-order valence-electron chi connectivity index (χ3n) is 6.43. The van der Waals surface area contributed by atoms with Crippen molar-refractivity contribution in [3.8, 4) is 0 Å². The highest BCUT2D eigenvalue weighted by Crippen LogP contribution is 2.47. The molecule has 2 aliphatic rings. The maximum absolute atomic E-state index is 14.3. The lowest BCUT2D eigenvalue weighted by molar-refractivity contribution is -0.125. The molecule has 1 amide bonds. The fraction of sp³-hybridized carbons (Fsp3) is 0.250. The number of allylic oxidation sites excluding steroid dienone is 6. The Hall–Kier alpha value is -4.00. The molecule has 0 aliphatic heterocycles. The van der Waals surface area contributed by atoms with Gasteiger partial charge in [-0.15, -0.1) is 0 Å². The van der Waals surface area contributed by atoms with E-state index in [-0.39, 0.29) is 34.9 Å². The van der Waals surface area contributed by atoms with Crippen LogP contribution in [0.2, 0.25) is 0 Å². The van der Waals surface area contributed by atoms with Crippen LogP contribution in [0.4, 0.5) is 4.39 Å². The number of methoxy groups -OCH3 is 2. The van der Waals surface area contributed by atoms with Crippen molar-refractivity contribution in [2.75, 3.05) is 14.2 Å². The van der Waals surface area contributed by atoms with E-state index in [1.165, 1.54) is 26.4 Å². The number of benzene rings is 1. The lowest BCUT2D eigenvalue weighted by atomic mass is 9.84. The normalized spacial score (nSPS) is 17.9. The predicted octanol–water partition coefficient (Wildman–Crippen LogP) is 4.61. The summed E-state index contributed by atoms with van der Waals surface area (Å²) >= 11 is 0. The predicted molar refractivity (Wildman–Crippen MR) is 130 cm³/mol. The molecule has 180 valence electrons. The van der Waals surface area contributed by atoms with Gasteiger partial charge in [-0.1, -0.05) is 24.6 Å². The number of halogens is 1. The third-order valence-corrected chi connectivity index (χ3v) is 6.43. The highest BCUT2D eigenvalue weighted by atomic mass is 19.1. The van der Waals surface area contributed by atoms with E-state index >= 15 is 0 Å². The van der Waals surface area contributed by atoms with Gasteiger partial charge in [0.15, 0.2) is 11.5 Å². The van der Waals surface area contributed by atoms with Crippen LogP contribution in [0.15, 0.2) is 83.6 Å². The number of Topliss-reactive ketones (excluding diaryl/α,β-unsaturated/α-hetero) is 1. The van der Waals surface area contributed by atoms with Gasteiger partial charge in [-0.2, -0.15) is 0 Å². The number of fused-ring (bicyclic) bond motifs is 1. The molecule has 0 saturated carbocycles. The Bertz CT molecular complexity index is 1270. The van der Waals surface area contributed by atoms with Gasteiger partial charge in [0.25, 0.3) is 5.78 Å². The number of nitrogens with one attached hydrogen (secondary N) is 1. The van der Waals surface area contributed by atoms with Crippen molar-refractivity contribution < 1.29 is 23.5 Å².